The molecule has 116 valence electrons. The maximum absolute atomic E-state index is 4.36. The van der Waals surface area contributed by atoms with Crippen molar-refractivity contribution in [1.82, 2.24) is 19.5 Å². The lowest BCUT2D eigenvalue weighted by Gasteiger charge is -2.06. The minimum atomic E-state index is 0.511. The zero-order valence-electron chi connectivity index (χ0n) is 13.4. The molecule has 23 heavy (non-hydrogen) atoms. The first-order valence-electron chi connectivity index (χ1n) is 7.33. The number of hydrogen-bond acceptors (Lipinski definition) is 5. The Kier molecular flexibility index (Phi) is 4.14. The van der Waals surface area contributed by atoms with Crippen LogP contribution in [0.1, 0.15) is 23.9 Å². The molecule has 6 nitrogen and oxygen atoms in total. The first-order chi connectivity index (χ1) is 11.1. The van der Waals surface area contributed by atoms with Crippen molar-refractivity contribution in [2.24, 2.45) is 5.10 Å². The molecule has 0 saturated carbocycles. The van der Waals surface area contributed by atoms with Crippen LogP contribution in [-0.2, 0) is 0 Å². The summed E-state index contributed by atoms with van der Waals surface area (Å²) in [6.45, 7) is 5.82. The van der Waals surface area contributed by atoms with Crippen LogP contribution in [0.25, 0.3) is 5.69 Å². The van der Waals surface area contributed by atoms with Gasteiger partial charge >= 0.3 is 0 Å². The molecule has 2 heterocycles. The van der Waals surface area contributed by atoms with E-state index in [0.717, 1.165) is 28.4 Å². The van der Waals surface area contributed by atoms with Gasteiger partial charge in [-0.15, -0.1) is 0 Å². The number of imidazole rings is 1. The number of hydrogen-bond donors (Lipinski definition) is 1. The van der Waals surface area contributed by atoms with E-state index in [1.165, 1.54) is 0 Å². The van der Waals surface area contributed by atoms with Crippen molar-refractivity contribution in [3.63, 3.8) is 0 Å². The smallest absolute Gasteiger partial charge is 0.243 e. The second-order valence-electron chi connectivity index (χ2n) is 5.30. The lowest BCUT2D eigenvalue weighted by atomic mass is 10.1. The number of nitrogens with one attached hydrogen (secondary N) is 1. The molecule has 0 amide bonds. The summed E-state index contributed by atoms with van der Waals surface area (Å²) in [7, 11) is 0. The van der Waals surface area contributed by atoms with Gasteiger partial charge in [-0.25, -0.2) is 20.4 Å². The van der Waals surface area contributed by atoms with Crippen LogP contribution in [0.5, 0.6) is 0 Å². The Balaban J connectivity index is 1.75. The lowest BCUT2D eigenvalue weighted by molar-refractivity contribution is 1.03. The monoisotopic (exact) mass is 306 g/mol. The van der Waals surface area contributed by atoms with Crippen molar-refractivity contribution in [3.05, 3.63) is 66.0 Å². The highest BCUT2D eigenvalue weighted by atomic mass is 15.4. The lowest BCUT2D eigenvalue weighted by Crippen LogP contribution is -2.04. The maximum atomic E-state index is 4.36. The average molecular weight is 306 g/mol. The Morgan fingerprint density at radius 2 is 1.78 bits per heavy atom. The van der Waals surface area contributed by atoms with E-state index in [9.17, 15) is 0 Å². The molecule has 3 aromatic rings. The highest BCUT2D eigenvalue weighted by molar-refractivity contribution is 5.99. The zero-order chi connectivity index (χ0) is 16.2. The number of aromatic nitrogens is 4. The van der Waals surface area contributed by atoms with Crippen LogP contribution in [0.4, 0.5) is 5.95 Å². The Labute approximate surface area is 134 Å². The van der Waals surface area contributed by atoms with E-state index in [2.05, 4.69) is 25.5 Å². The largest absolute Gasteiger partial charge is 0.306 e. The molecule has 0 radical (unpaired) electrons. The number of aryl methyl sites for hydroxylation is 2. The van der Waals surface area contributed by atoms with Gasteiger partial charge in [-0.3, -0.25) is 0 Å². The van der Waals surface area contributed by atoms with Crippen LogP contribution in [0.15, 0.2) is 54.2 Å². The fraction of sp³-hybridized carbons (Fsp3) is 0.176. The van der Waals surface area contributed by atoms with Gasteiger partial charge in [-0.05, 0) is 44.5 Å². The topological polar surface area (TPSA) is 68.0 Å². The minimum Gasteiger partial charge on any atom is -0.306 e. The van der Waals surface area contributed by atoms with Crippen molar-refractivity contribution >= 4 is 11.7 Å². The Bertz CT molecular complexity index is 799. The standard InChI is InChI=1S/C17H18N6/c1-12-10-13(2)20-17(19-12)22-21-14(3)15-4-6-16(7-5-15)23-9-8-18-11-23/h4-11H,1-3H3,(H,19,20,22)/b21-14+. The van der Waals surface area contributed by atoms with Crippen molar-refractivity contribution in [1.29, 1.82) is 0 Å². The minimum absolute atomic E-state index is 0.511. The summed E-state index contributed by atoms with van der Waals surface area (Å²) < 4.78 is 1.96. The van der Waals surface area contributed by atoms with E-state index >= 15 is 0 Å². The van der Waals surface area contributed by atoms with Crippen LogP contribution in [-0.4, -0.2) is 25.2 Å². The van der Waals surface area contributed by atoms with E-state index in [1.807, 2.05) is 61.9 Å². The van der Waals surface area contributed by atoms with E-state index in [0.29, 0.717) is 5.95 Å². The highest BCUT2D eigenvalue weighted by Gasteiger charge is 2.01. The summed E-state index contributed by atoms with van der Waals surface area (Å²) >= 11 is 0. The third-order valence-corrected chi connectivity index (χ3v) is 3.39. The van der Waals surface area contributed by atoms with Gasteiger partial charge in [0.15, 0.2) is 0 Å². The number of anilines is 1. The molecule has 0 aliphatic heterocycles. The van der Waals surface area contributed by atoms with Crippen molar-refractivity contribution in [3.8, 4) is 5.69 Å². The number of rotatable bonds is 4. The Morgan fingerprint density at radius 3 is 2.39 bits per heavy atom. The quantitative estimate of drug-likeness (QED) is 0.594. The van der Waals surface area contributed by atoms with Crippen LogP contribution >= 0.6 is 0 Å². The average Bonchev–Trinajstić information content (AvgIpc) is 3.06. The summed E-state index contributed by atoms with van der Waals surface area (Å²) in [5, 5.41) is 4.36. The molecule has 0 atom stereocenters. The predicted molar refractivity (Wildman–Crippen MR) is 90.9 cm³/mol. The summed E-state index contributed by atoms with van der Waals surface area (Å²) in [5.41, 5.74) is 7.70. The summed E-state index contributed by atoms with van der Waals surface area (Å²) in [4.78, 5) is 12.7. The van der Waals surface area contributed by atoms with E-state index in [4.69, 9.17) is 0 Å². The zero-order valence-corrected chi connectivity index (χ0v) is 13.4. The fourth-order valence-electron chi connectivity index (χ4n) is 2.26. The SMILES string of the molecule is C/C(=N\Nc1nc(C)cc(C)n1)c1ccc(-n2ccnc2)cc1. The van der Waals surface area contributed by atoms with Gasteiger partial charge in [-0.1, -0.05) is 12.1 Å². The molecule has 2 aromatic heterocycles. The van der Waals surface area contributed by atoms with Gasteiger partial charge in [0.05, 0.1) is 12.0 Å². The number of benzene rings is 1. The third-order valence-electron chi connectivity index (χ3n) is 3.39. The van der Waals surface area contributed by atoms with Gasteiger partial charge in [0.1, 0.15) is 0 Å². The van der Waals surface area contributed by atoms with Crippen molar-refractivity contribution in [2.75, 3.05) is 5.43 Å². The highest BCUT2D eigenvalue weighted by Crippen LogP contribution is 2.11. The first-order valence-corrected chi connectivity index (χ1v) is 7.33. The normalized spacial score (nSPS) is 11.5. The number of nitrogens with zero attached hydrogens (tertiary/aromatic N) is 5. The molecular formula is C17H18N6. The summed E-state index contributed by atoms with van der Waals surface area (Å²) in [6.07, 6.45) is 5.44. The van der Waals surface area contributed by atoms with Crippen LogP contribution in [0, 0.1) is 13.8 Å². The van der Waals surface area contributed by atoms with Gasteiger partial charge in [0.25, 0.3) is 0 Å². The molecule has 0 fully saturated rings. The molecular weight excluding hydrogens is 288 g/mol. The van der Waals surface area contributed by atoms with Crippen molar-refractivity contribution in [2.45, 2.75) is 20.8 Å². The molecule has 1 aromatic carbocycles. The Hall–Kier alpha value is -3.02. The molecule has 6 heteroatoms. The molecule has 0 bridgehead atoms. The Morgan fingerprint density at radius 1 is 1.09 bits per heavy atom. The molecule has 0 aliphatic carbocycles. The second kappa shape index (κ2) is 6.39. The number of hydrazone groups is 1. The van der Waals surface area contributed by atoms with Crippen LogP contribution < -0.4 is 5.43 Å². The summed E-state index contributed by atoms with van der Waals surface area (Å²) in [6, 6.07) is 10.0. The summed E-state index contributed by atoms with van der Waals surface area (Å²) in [5.74, 6) is 0.511. The maximum Gasteiger partial charge on any atom is 0.243 e. The molecule has 0 spiro atoms. The van der Waals surface area contributed by atoms with E-state index in [-0.39, 0.29) is 0 Å². The molecule has 1 N–H and O–H groups in total. The van der Waals surface area contributed by atoms with Gasteiger partial charge < -0.3 is 4.57 Å². The van der Waals surface area contributed by atoms with Gasteiger partial charge in [0, 0.05) is 29.5 Å². The first kappa shape index (κ1) is 14.9. The molecule has 0 saturated heterocycles. The predicted octanol–water partition coefficient (Wildman–Crippen LogP) is 3.12. The van der Waals surface area contributed by atoms with Gasteiger partial charge in [-0.2, -0.15) is 5.10 Å². The molecule has 3 rings (SSSR count). The van der Waals surface area contributed by atoms with Gasteiger partial charge in [0.2, 0.25) is 5.95 Å². The molecule has 0 aliphatic rings. The van der Waals surface area contributed by atoms with Crippen LogP contribution in [0.2, 0.25) is 0 Å². The van der Waals surface area contributed by atoms with E-state index in [1.54, 1.807) is 12.5 Å². The van der Waals surface area contributed by atoms with Crippen LogP contribution in [0.3, 0.4) is 0 Å². The molecule has 0 unspecified atom stereocenters. The van der Waals surface area contributed by atoms with Crippen molar-refractivity contribution < 1.29 is 0 Å². The fourth-order valence-corrected chi connectivity index (χ4v) is 2.26. The third kappa shape index (κ3) is 3.60. The second-order valence-corrected chi connectivity index (χ2v) is 5.30. The van der Waals surface area contributed by atoms with E-state index < -0.39 is 0 Å².